The highest BCUT2D eigenvalue weighted by atomic mass is 16.4. The highest BCUT2D eigenvalue weighted by Gasteiger charge is 2.09. The van der Waals surface area contributed by atoms with Crippen LogP contribution in [0.1, 0.15) is 10.4 Å². The molecule has 83 valence electrons. The predicted molar refractivity (Wildman–Crippen MR) is 62.1 cm³/mol. The van der Waals surface area contributed by atoms with Gasteiger partial charge in [0.15, 0.2) is 0 Å². The van der Waals surface area contributed by atoms with Crippen LogP contribution in [-0.4, -0.2) is 5.97 Å². The molecule has 0 fully saturated rings. The van der Waals surface area contributed by atoms with Crippen molar-refractivity contribution in [1.29, 1.82) is 0 Å². The number of hydrogen-bond acceptors (Lipinski definition) is 3. The highest BCUT2D eigenvalue weighted by Crippen LogP contribution is 2.21. The van der Waals surface area contributed by atoms with E-state index in [4.69, 9.17) is 0 Å². The summed E-state index contributed by atoms with van der Waals surface area (Å²) in [5, 5.41) is 18.7. The Balaban J connectivity index is 2.30. The number of nitrogens with zero attached hydrogens (tertiary/aromatic N) is 2. The third-order valence-electron chi connectivity index (χ3n) is 2.15. The fraction of sp³-hybridized carbons (Fsp3) is 0. The van der Waals surface area contributed by atoms with Gasteiger partial charge in [-0.2, -0.15) is 5.11 Å². The molecule has 0 aliphatic rings. The summed E-state index contributed by atoms with van der Waals surface area (Å²) >= 11 is 0. The Morgan fingerprint density at radius 3 is 2.18 bits per heavy atom. The van der Waals surface area contributed by atoms with E-state index in [1.165, 1.54) is 6.07 Å². The smallest absolute Gasteiger partial charge is 0.241 e. The molecule has 4 nitrogen and oxygen atoms in total. The molecule has 0 amide bonds. The first-order chi connectivity index (χ1) is 8.27. The summed E-state index contributed by atoms with van der Waals surface area (Å²) in [6, 6.07) is 15.4. The van der Waals surface area contributed by atoms with Crippen molar-refractivity contribution in [2.24, 2.45) is 10.2 Å². The molecular weight excluding hydrogens is 216 g/mol. The molecule has 0 bridgehead atoms. The number of benzene rings is 2. The average molecular weight is 225 g/mol. The van der Waals surface area contributed by atoms with Crippen LogP contribution < -0.4 is 0 Å². The molecule has 0 spiro atoms. The van der Waals surface area contributed by atoms with Gasteiger partial charge in [-0.15, -0.1) is 5.11 Å². The van der Waals surface area contributed by atoms with Gasteiger partial charge in [-0.05, 0) is 24.3 Å². The molecule has 0 heterocycles. The van der Waals surface area contributed by atoms with Crippen molar-refractivity contribution in [1.82, 2.24) is 0 Å². The van der Waals surface area contributed by atoms with Crippen molar-refractivity contribution in [2.45, 2.75) is 0 Å². The Labute approximate surface area is 98.3 Å². The summed E-state index contributed by atoms with van der Waals surface area (Å²) < 4.78 is 0. The zero-order valence-corrected chi connectivity index (χ0v) is 8.91. The zero-order chi connectivity index (χ0) is 12.1. The molecule has 1 radical (unpaired) electrons. The van der Waals surface area contributed by atoms with E-state index in [1.807, 2.05) is 18.2 Å². The van der Waals surface area contributed by atoms with Crippen molar-refractivity contribution in [3.05, 3.63) is 60.2 Å². The summed E-state index contributed by atoms with van der Waals surface area (Å²) in [6.45, 7) is 0. The summed E-state index contributed by atoms with van der Waals surface area (Å²) in [5.74, 6) is -1.26. The van der Waals surface area contributed by atoms with Crippen LogP contribution >= 0.6 is 0 Å². The van der Waals surface area contributed by atoms with E-state index in [0.29, 0.717) is 5.69 Å². The second-order valence-electron chi connectivity index (χ2n) is 3.34. The maximum atomic E-state index is 10.8. The van der Waals surface area contributed by atoms with Gasteiger partial charge in [-0.25, -0.2) is 9.90 Å². The number of carbonyl (C=O) groups is 1. The summed E-state index contributed by atoms with van der Waals surface area (Å²) in [6.07, 6.45) is 0. The fourth-order valence-corrected chi connectivity index (χ4v) is 1.34. The van der Waals surface area contributed by atoms with Crippen LogP contribution in [0.25, 0.3) is 0 Å². The zero-order valence-electron chi connectivity index (χ0n) is 8.91. The van der Waals surface area contributed by atoms with Crippen LogP contribution in [0.3, 0.4) is 0 Å². The summed E-state index contributed by atoms with van der Waals surface area (Å²) in [5.41, 5.74) is 0.990. The van der Waals surface area contributed by atoms with Gasteiger partial charge in [-0.3, -0.25) is 0 Å². The molecule has 0 aliphatic heterocycles. The van der Waals surface area contributed by atoms with E-state index >= 15 is 0 Å². The molecule has 0 aliphatic carbocycles. The minimum atomic E-state index is -1.26. The molecule has 0 unspecified atom stereocenters. The second kappa shape index (κ2) is 5.03. The molecule has 4 heteroatoms. The van der Waals surface area contributed by atoms with Gasteiger partial charge < -0.3 is 0 Å². The number of carbonyl (C=O) groups excluding carboxylic acids is 1. The van der Waals surface area contributed by atoms with Crippen LogP contribution in [0, 0.1) is 0 Å². The first kappa shape index (κ1) is 11.0. The second-order valence-corrected chi connectivity index (χ2v) is 3.34. The van der Waals surface area contributed by atoms with Crippen molar-refractivity contribution in [3.8, 4) is 0 Å². The molecular formula is C13H9N2O2. The molecule has 0 atom stereocenters. The van der Waals surface area contributed by atoms with Crippen molar-refractivity contribution >= 4 is 17.3 Å². The van der Waals surface area contributed by atoms with E-state index in [9.17, 15) is 9.90 Å². The van der Waals surface area contributed by atoms with Crippen molar-refractivity contribution < 1.29 is 9.90 Å². The van der Waals surface area contributed by atoms with Crippen molar-refractivity contribution in [3.63, 3.8) is 0 Å². The highest BCUT2D eigenvalue weighted by molar-refractivity contribution is 5.92. The van der Waals surface area contributed by atoms with Gasteiger partial charge in [0.1, 0.15) is 5.69 Å². The maximum Gasteiger partial charge on any atom is 0.388 e. The Morgan fingerprint density at radius 1 is 0.824 bits per heavy atom. The Bertz CT molecular complexity index is 550. The topological polar surface area (TPSA) is 61.7 Å². The van der Waals surface area contributed by atoms with Crippen molar-refractivity contribution in [2.75, 3.05) is 0 Å². The van der Waals surface area contributed by atoms with Gasteiger partial charge in [0.05, 0.1) is 11.3 Å². The van der Waals surface area contributed by atoms with E-state index < -0.39 is 5.97 Å². The molecule has 0 aromatic heterocycles. The lowest BCUT2D eigenvalue weighted by molar-refractivity contribution is 0.0574. The van der Waals surface area contributed by atoms with E-state index in [0.717, 1.165) is 0 Å². The van der Waals surface area contributed by atoms with Crippen LogP contribution in [-0.2, 0) is 5.11 Å². The number of azo groups is 1. The molecule has 17 heavy (non-hydrogen) atoms. The Morgan fingerprint density at radius 2 is 1.47 bits per heavy atom. The van der Waals surface area contributed by atoms with E-state index in [1.54, 1.807) is 30.3 Å². The van der Waals surface area contributed by atoms with Crippen LogP contribution in [0.2, 0.25) is 0 Å². The van der Waals surface area contributed by atoms with E-state index in [-0.39, 0.29) is 11.3 Å². The summed E-state index contributed by atoms with van der Waals surface area (Å²) in [7, 11) is 0. The predicted octanol–water partition coefficient (Wildman–Crippen LogP) is 3.67. The van der Waals surface area contributed by atoms with Gasteiger partial charge in [0.25, 0.3) is 0 Å². The monoisotopic (exact) mass is 225 g/mol. The lowest BCUT2D eigenvalue weighted by Gasteiger charge is -1.96. The minimum absolute atomic E-state index is 0.0344. The summed E-state index contributed by atoms with van der Waals surface area (Å²) in [4.78, 5) is 10.8. The first-order valence-electron chi connectivity index (χ1n) is 5.04. The van der Waals surface area contributed by atoms with Crippen LogP contribution in [0.15, 0.2) is 64.8 Å². The van der Waals surface area contributed by atoms with Gasteiger partial charge in [0.2, 0.25) is 0 Å². The lowest BCUT2D eigenvalue weighted by Crippen LogP contribution is -1.93. The largest absolute Gasteiger partial charge is 0.388 e. The molecule has 0 N–H and O–H groups in total. The molecule has 2 aromatic carbocycles. The standard InChI is InChI=1S/C13H9N2O2/c16-13(17)11-8-4-5-9-12(11)15-14-10-6-2-1-3-7-10/h1-9H/b15-14+. The van der Waals surface area contributed by atoms with Gasteiger partial charge >= 0.3 is 5.97 Å². The fourth-order valence-electron chi connectivity index (χ4n) is 1.34. The third-order valence-corrected chi connectivity index (χ3v) is 2.15. The number of rotatable bonds is 3. The SMILES string of the molecule is [O]C(=O)c1ccccc1/N=N/c1ccccc1. The lowest BCUT2D eigenvalue weighted by atomic mass is 10.2. The van der Waals surface area contributed by atoms with Gasteiger partial charge in [-0.1, -0.05) is 30.3 Å². The molecule has 0 saturated carbocycles. The minimum Gasteiger partial charge on any atom is -0.241 e. The average Bonchev–Trinajstić information content (AvgIpc) is 2.38. The van der Waals surface area contributed by atoms with Crippen LogP contribution in [0.4, 0.5) is 11.4 Å². The molecule has 2 rings (SSSR count). The Hall–Kier alpha value is -2.49. The third kappa shape index (κ3) is 2.75. The first-order valence-corrected chi connectivity index (χ1v) is 5.04. The van der Waals surface area contributed by atoms with Gasteiger partial charge in [0, 0.05) is 0 Å². The number of hydrogen-bond donors (Lipinski definition) is 0. The molecule has 0 saturated heterocycles. The molecule has 2 aromatic rings. The Kier molecular flexibility index (Phi) is 3.25. The van der Waals surface area contributed by atoms with E-state index in [2.05, 4.69) is 10.2 Å². The van der Waals surface area contributed by atoms with Crippen LogP contribution in [0.5, 0.6) is 0 Å². The maximum absolute atomic E-state index is 10.8. The normalized spacial score (nSPS) is 10.6. The quantitative estimate of drug-likeness (QED) is 0.735.